The van der Waals surface area contributed by atoms with E-state index in [0.29, 0.717) is 0 Å². The first kappa shape index (κ1) is 34.2. The standard InChI is InChI=1S/C51H49BN2/c1-34-30-47-49-48(31-34)54(44-25-17-15-23-40(44)36-20-12-9-13-21-36)46-29-27-38(51(5,6)7)33-42(46)52(49)41-32-37(50(2,3)4)26-28-45(41)53(47)43-24-16-14-22-39(43)35-18-10-8-11-19-35/h8-33,47,49H,1-7H3. The van der Waals surface area contributed by atoms with Crippen LogP contribution in [0.3, 0.4) is 0 Å². The van der Waals surface area contributed by atoms with Gasteiger partial charge in [-0.2, -0.15) is 0 Å². The Morgan fingerprint density at radius 1 is 0.500 bits per heavy atom. The van der Waals surface area contributed by atoms with Gasteiger partial charge in [0.15, 0.2) is 0 Å². The summed E-state index contributed by atoms with van der Waals surface area (Å²) >= 11 is 0. The van der Waals surface area contributed by atoms with Crippen molar-refractivity contribution >= 4 is 40.4 Å². The summed E-state index contributed by atoms with van der Waals surface area (Å²) in [7, 11) is 0. The van der Waals surface area contributed by atoms with Gasteiger partial charge >= 0.3 is 0 Å². The van der Waals surface area contributed by atoms with Crippen molar-refractivity contribution in [2.24, 2.45) is 0 Å². The number of benzene rings is 6. The first-order valence-corrected chi connectivity index (χ1v) is 19.6. The summed E-state index contributed by atoms with van der Waals surface area (Å²) in [5.74, 6) is 0.159. The Labute approximate surface area is 322 Å². The molecule has 2 heterocycles. The molecule has 0 saturated heterocycles. The Morgan fingerprint density at radius 2 is 0.981 bits per heavy atom. The van der Waals surface area contributed by atoms with Crippen molar-refractivity contribution in [1.29, 1.82) is 0 Å². The van der Waals surface area contributed by atoms with E-state index in [1.807, 2.05) is 0 Å². The zero-order chi connectivity index (χ0) is 37.4. The van der Waals surface area contributed by atoms with E-state index < -0.39 is 0 Å². The van der Waals surface area contributed by atoms with Crippen LogP contribution >= 0.6 is 0 Å². The van der Waals surface area contributed by atoms with Crippen LogP contribution in [0.4, 0.5) is 22.7 Å². The summed E-state index contributed by atoms with van der Waals surface area (Å²) in [5, 5.41) is 0. The Hall–Kier alpha value is -5.54. The summed E-state index contributed by atoms with van der Waals surface area (Å²) in [5.41, 5.74) is 18.2. The number of hydrogen-bond donors (Lipinski definition) is 0. The largest absolute Gasteiger partial charge is 0.334 e. The molecule has 0 saturated carbocycles. The SMILES string of the molecule is CC1=CC2C3B(c4cc(C(C)(C)C)ccc4N(c4ccccc4-c4ccccc4)C3=C1)c1cc(C(C)(C)C)ccc1N2c1ccccc1-c1ccccc1. The van der Waals surface area contributed by atoms with Crippen LogP contribution in [0.15, 0.2) is 169 Å². The van der Waals surface area contributed by atoms with Gasteiger partial charge in [-0.1, -0.05) is 175 Å². The predicted molar refractivity (Wildman–Crippen MR) is 233 cm³/mol. The van der Waals surface area contributed by atoms with E-state index in [4.69, 9.17) is 0 Å². The van der Waals surface area contributed by atoms with Gasteiger partial charge in [0.1, 0.15) is 0 Å². The molecule has 266 valence electrons. The monoisotopic (exact) mass is 700 g/mol. The van der Waals surface area contributed by atoms with Crippen LogP contribution in [-0.4, -0.2) is 12.8 Å². The normalized spacial score (nSPS) is 17.6. The van der Waals surface area contributed by atoms with Crippen LogP contribution in [0, 0.1) is 0 Å². The highest BCUT2D eigenvalue weighted by Crippen LogP contribution is 2.53. The van der Waals surface area contributed by atoms with E-state index >= 15 is 0 Å². The maximum absolute atomic E-state index is 2.68. The first-order chi connectivity index (χ1) is 26.0. The average molecular weight is 701 g/mol. The second-order valence-electron chi connectivity index (χ2n) is 17.5. The minimum absolute atomic E-state index is 0.00575. The molecule has 6 aromatic rings. The molecule has 9 rings (SSSR count). The van der Waals surface area contributed by atoms with E-state index in [0.717, 1.165) is 0 Å². The molecule has 3 aliphatic rings. The lowest BCUT2D eigenvalue weighted by Gasteiger charge is -2.54. The zero-order valence-electron chi connectivity index (χ0n) is 32.6. The summed E-state index contributed by atoms with van der Waals surface area (Å²) in [4.78, 5) is 5.30. The highest BCUT2D eigenvalue weighted by Gasteiger charge is 2.52. The van der Waals surface area contributed by atoms with Crippen LogP contribution in [0.2, 0.25) is 5.82 Å². The van der Waals surface area contributed by atoms with Crippen molar-refractivity contribution in [3.63, 3.8) is 0 Å². The van der Waals surface area contributed by atoms with Crippen molar-refractivity contribution < 1.29 is 0 Å². The van der Waals surface area contributed by atoms with Gasteiger partial charge in [0.25, 0.3) is 0 Å². The number of anilines is 4. The van der Waals surface area contributed by atoms with Crippen LogP contribution < -0.4 is 20.7 Å². The summed E-state index contributed by atoms with van der Waals surface area (Å²) in [6.07, 6.45) is 5.03. The Kier molecular flexibility index (Phi) is 8.12. The maximum Gasteiger partial charge on any atom is 0.226 e. The lowest BCUT2D eigenvalue weighted by Crippen LogP contribution is -2.63. The highest BCUT2D eigenvalue weighted by atomic mass is 15.2. The molecule has 2 nitrogen and oxygen atoms in total. The van der Waals surface area contributed by atoms with E-state index in [2.05, 4.69) is 216 Å². The zero-order valence-corrected chi connectivity index (χ0v) is 32.6. The number of para-hydroxylation sites is 2. The third-order valence-electron chi connectivity index (χ3n) is 11.9. The predicted octanol–water partition coefficient (Wildman–Crippen LogP) is 12.1. The number of nitrogens with zero attached hydrogens (tertiary/aromatic N) is 2. The first-order valence-electron chi connectivity index (χ1n) is 19.6. The van der Waals surface area contributed by atoms with E-state index in [1.165, 1.54) is 78.3 Å². The highest BCUT2D eigenvalue weighted by molar-refractivity contribution is 6.90. The summed E-state index contributed by atoms with van der Waals surface area (Å²) < 4.78 is 0. The fourth-order valence-corrected chi connectivity index (χ4v) is 9.19. The molecule has 6 aromatic carbocycles. The smallest absolute Gasteiger partial charge is 0.226 e. The molecular formula is C51H49BN2. The molecule has 1 aliphatic carbocycles. The number of allylic oxidation sites excluding steroid dienone is 2. The van der Waals surface area contributed by atoms with Crippen LogP contribution in [0.5, 0.6) is 0 Å². The molecule has 3 heteroatoms. The van der Waals surface area contributed by atoms with Crippen LogP contribution in [0.25, 0.3) is 22.3 Å². The van der Waals surface area contributed by atoms with Gasteiger partial charge in [-0.3, -0.25) is 0 Å². The van der Waals surface area contributed by atoms with Gasteiger partial charge in [0.05, 0.1) is 11.7 Å². The topological polar surface area (TPSA) is 6.48 Å². The fourth-order valence-electron chi connectivity index (χ4n) is 9.19. The molecule has 0 amide bonds. The summed E-state index contributed by atoms with van der Waals surface area (Å²) in [6.45, 7) is 16.5. The molecule has 54 heavy (non-hydrogen) atoms. The van der Waals surface area contributed by atoms with E-state index in [-0.39, 0.29) is 29.4 Å². The molecule has 0 aromatic heterocycles. The Morgan fingerprint density at radius 3 is 1.56 bits per heavy atom. The lowest BCUT2D eigenvalue weighted by atomic mass is 9.28. The third-order valence-corrected chi connectivity index (χ3v) is 11.9. The molecule has 0 N–H and O–H groups in total. The van der Waals surface area contributed by atoms with Crippen LogP contribution in [0.1, 0.15) is 59.6 Å². The maximum atomic E-state index is 2.68. The number of fused-ring (bicyclic) bond motifs is 4. The fraction of sp³-hybridized carbons (Fsp3) is 0.216. The molecule has 2 atom stereocenters. The van der Waals surface area contributed by atoms with Gasteiger partial charge in [-0.15, -0.1) is 0 Å². The van der Waals surface area contributed by atoms with Gasteiger partial charge < -0.3 is 9.80 Å². The van der Waals surface area contributed by atoms with Crippen molar-refractivity contribution in [2.75, 3.05) is 9.80 Å². The van der Waals surface area contributed by atoms with Gasteiger partial charge in [-0.05, 0) is 81.3 Å². The van der Waals surface area contributed by atoms with Crippen molar-refractivity contribution in [1.82, 2.24) is 0 Å². The Balaban J connectivity index is 1.37. The molecule has 0 bridgehead atoms. The molecule has 0 radical (unpaired) electrons. The van der Waals surface area contributed by atoms with E-state index in [9.17, 15) is 0 Å². The average Bonchev–Trinajstić information content (AvgIpc) is 3.17. The van der Waals surface area contributed by atoms with Crippen molar-refractivity contribution in [2.45, 2.75) is 71.2 Å². The molecule has 2 aliphatic heterocycles. The number of rotatable bonds is 4. The molecular weight excluding hydrogens is 651 g/mol. The van der Waals surface area contributed by atoms with E-state index in [1.54, 1.807) is 0 Å². The molecule has 0 fully saturated rings. The van der Waals surface area contributed by atoms with Gasteiger partial charge in [-0.25, -0.2) is 0 Å². The second kappa shape index (κ2) is 12.8. The minimum Gasteiger partial charge on any atom is -0.334 e. The summed E-state index contributed by atoms with van der Waals surface area (Å²) in [6, 6.07) is 54.6. The Bertz CT molecular complexity index is 2440. The third kappa shape index (κ3) is 5.64. The van der Waals surface area contributed by atoms with Crippen molar-refractivity contribution in [3.8, 4) is 22.3 Å². The van der Waals surface area contributed by atoms with Crippen LogP contribution in [-0.2, 0) is 10.8 Å². The molecule has 2 unspecified atom stereocenters. The lowest BCUT2D eigenvalue weighted by molar-refractivity contribution is 0.590. The van der Waals surface area contributed by atoms with Crippen molar-refractivity contribution in [3.05, 3.63) is 180 Å². The minimum atomic E-state index is 0.00575. The number of hydrogen-bond acceptors (Lipinski definition) is 2. The second-order valence-corrected chi connectivity index (χ2v) is 17.5. The van der Waals surface area contributed by atoms with Gasteiger partial charge in [0, 0.05) is 39.7 Å². The molecule has 0 spiro atoms. The quantitative estimate of drug-likeness (QED) is 0.169. The van der Waals surface area contributed by atoms with Gasteiger partial charge in [0.2, 0.25) is 6.71 Å².